The van der Waals surface area contributed by atoms with E-state index in [0.717, 1.165) is 15.7 Å². The zero-order chi connectivity index (χ0) is 18.3. The van der Waals surface area contributed by atoms with Crippen molar-refractivity contribution in [1.82, 2.24) is 0 Å². The topological polar surface area (TPSA) is 32.3 Å². The molecule has 4 rings (SSSR count). The van der Waals surface area contributed by atoms with Crippen molar-refractivity contribution in [3.05, 3.63) is 92.4 Å². The zero-order valence-corrected chi connectivity index (χ0v) is 16.5. The van der Waals surface area contributed by atoms with Gasteiger partial charge < -0.3 is 5.32 Å². The molecule has 3 aromatic rings. The lowest BCUT2D eigenvalue weighted by Gasteiger charge is -2.38. The first-order valence-electron chi connectivity index (χ1n) is 7.94. The molecule has 3 nitrogen and oxygen atoms in total. The molecule has 1 amide bonds. The maximum atomic E-state index is 13.3. The Morgan fingerprint density at radius 1 is 0.923 bits per heavy atom. The van der Waals surface area contributed by atoms with E-state index < -0.39 is 0 Å². The molecule has 130 valence electrons. The maximum Gasteiger partial charge on any atom is 0.262 e. The lowest BCUT2D eigenvalue weighted by Crippen LogP contribution is -2.43. The number of fused-ring (bicyclic) bond motifs is 1. The Bertz CT molecular complexity index is 991. The number of anilines is 2. The average Bonchev–Trinajstić information content (AvgIpc) is 2.65. The molecule has 0 bridgehead atoms. The van der Waals surface area contributed by atoms with Crippen LogP contribution in [0.5, 0.6) is 0 Å². The average molecular weight is 448 g/mol. The molecule has 0 aromatic heterocycles. The smallest absolute Gasteiger partial charge is 0.262 e. The van der Waals surface area contributed by atoms with E-state index in [2.05, 4.69) is 21.2 Å². The Labute approximate surface area is 169 Å². The third-order valence-electron chi connectivity index (χ3n) is 4.29. The first-order valence-corrected chi connectivity index (χ1v) is 9.49. The SMILES string of the molecule is O=C1c2ccccc2N[C@H](c2ccc(Br)cc2)N1c1ccc(Cl)c(Cl)c1. The molecular formula is C20H13BrCl2N2O. The number of carbonyl (C=O) groups is 1. The minimum absolute atomic E-state index is 0.0920. The number of nitrogens with zero attached hydrogens (tertiary/aromatic N) is 1. The lowest BCUT2D eigenvalue weighted by atomic mass is 10.0. The van der Waals surface area contributed by atoms with Crippen molar-refractivity contribution in [3.8, 4) is 0 Å². The molecule has 0 unspecified atom stereocenters. The second-order valence-corrected chi connectivity index (χ2v) is 7.65. The minimum atomic E-state index is -0.359. The van der Waals surface area contributed by atoms with E-state index in [1.165, 1.54) is 0 Å². The van der Waals surface area contributed by atoms with Crippen LogP contribution in [0, 0.1) is 0 Å². The summed E-state index contributed by atoms with van der Waals surface area (Å²) in [6.45, 7) is 0. The molecule has 1 heterocycles. The van der Waals surface area contributed by atoms with E-state index in [-0.39, 0.29) is 12.1 Å². The van der Waals surface area contributed by atoms with Gasteiger partial charge in [0.1, 0.15) is 6.17 Å². The van der Waals surface area contributed by atoms with E-state index in [1.807, 2.05) is 48.5 Å². The highest BCUT2D eigenvalue weighted by atomic mass is 79.9. The van der Waals surface area contributed by atoms with Gasteiger partial charge in [-0.05, 0) is 48.0 Å². The zero-order valence-electron chi connectivity index (χ0n) is 13.4. The van der Waals surface area contributed by atoms with Crippen LogP contribution in [0.2, 0.25) is 10.0 Å². The Balaban J connectivity index is 1.87. The molecule has 1 aliphatic rings. The lowest BCUT2D eigenvalue weighted by molar-refractivity contribution is 0.0975. The molecule has 26 heavy (non-hydrogen) atoms. The summed E-state index contributed by atoms with van der Waals surface area (Å²) in [6.07, 6.45) is -0.359. The van der Waals surface area contributed by atoms with Gasteiger partial charge in [0.15, 0.2) is 0 Å². The van der Waals surface area contributed by atoms with Crippen LogP contribution in [0.3, 0.4) is 0 Å². The standard InChI is InChI=1S/C20H13BrCl2N2O/c21-13-7-5-12(6-8-13)19-24-18-4-2-1-3-15(18)20(26)25(19)14-9-10-16(22)17(23)11-14/h1-11,19,24H/t19-/m0/s1. The van der Waals surface area contributed by atoms with Crippen LogP contribution in [-0.2, 0) is 0 Å². The van der Waals surface area contributed by atoms with Crippen molar-refractivity contribution >= 4 is 56.4 Å². The van der Waals surface area contributed by atoms with Gasteiger partial charge in [-0.15, -0.1) is 0 Å². The van der Waals surface area contributed by atoms with Crippen molar-refractivity contribution < 1.29 is 4.79 Å². The minimum Gasteiger partial charge on any atom is -0.360 e. The van der Waals surface area contributed by atoms with Crippen molar-refractivity contribution in [1.29, 1.82) is 0 Å². The normalized spacial score (nSPS) is 16.2. The monoisotopic (exact) mass is 446 g/mol. The number of benzene rings is 3. The molecular weight excluding hydrogens is 435 g/mol. The molecule has 0 radical (unpaired) electrons. The number of amides is 1. The Morgan fingerprint density at radius 2 is 1.65 bits per heavy atom. The van der Waals surface area contributed by atoms with E-state index in [1.54, 1.807) is 23.1 Å². The predicted molar refractivity (Wildman–Crippen MR) is 110 cm³/mol. The largest absolute Gasteiger partial charge is 0.360 e. The molecule has 0 fully saturated rings. The van der Waals surface area contributed by atoms with E-state index in [0.29, 0.717) is 21.3 Å². The fourth-order valence-electron chi connectivity index (χ4n) is 3.03. The summed E-state index contributed by atoms with van der Waals surface area (Å²) in [5.74, 6) is -0.0920. The summed E-state index contributed by atoms with van der Waals surface area (Å²) in [7, 11) is 0. The van der Waals surface area contributed by atoms with Crippen LogP contribution in [0.25, 0.3) is 0 Å². The highest BCUT2D eigenvalue weighted by Crippen LogP contribution is 2.38. The quantitative estimate of drug-likeness (QED) is 0.484. The van der Waals surface area contributed by atoms with Gasteiger partial charge in [-0.1, -0.05) is 63.4 Å². The third kappa shape index (κ3) is 3.09. The highest BCUT2D eigenvalue weighted by molar-refractivity contribution is 9.10. The maximum absolute atomic E-state index is 13.3. The van der Waals surface area contributed by atoms with Gasteiger partial charge >= 0.3 is 0 Å². The van der Waals surface area contributed by atoms with E-state index in [4.69, 9.17) is 23.2 Å². The summed E-state index contributed by atoms with van der Waals surface area (Å²) < 4.78 is 0.977. The van der Waals surface area contributed by atoms with Crippen molar-refractivity contribution in [3.63, 3.8) is 0 Å². The first kappa shape index (κ1) is 17.4. The third-order valence-corrected chi connectivity index (χ3v) is 5.56. The van der Waals surface area contributed by atoms with Gasteiger partial charge in [0.2, 0.25) is 0 Å². The Kier molecular flexibility index (Phi) is 4.65. The summed E-state index contributed by atoms with van der Waals surface area (Å²) in [5.41, 5.74) is 3.06. The van der Waals surface area contributed by atoms with Crippen LogP contribution in [0.4, 0.5) is 11.4 Å². The van der Waals surface area contributed by atoms with Crippen LogP contribution in [-0.4, -0.2) is 5.91 Å². The Hall–Kier alpha value is -2.01. The number of nitrogens with one attached hydrogen (secondary N) is 1. The predicted octanol–water partition coefficient (Wildman–Crippen LogP) is 6.53. The van der Waals surface area contributed by atoms with E-state index in [9.17, 15) is 4.79 Å². The number of carbonyl (C=O) groups excluding carboxylic acids is 1. The van der Waals surface area contributed by atoms with Crippen molar-refractivity contribution in [2.45, 2.75) is 6.17 Å². The molecule has 0 saturated heterocycles. The van der Waals surface area contributed by atoms with Crippen molar-refractivity contribution in [2.24, 2.45) is 0 Å². The Morgan fingerprint density at radius 3 is 2.38 bits per heavy atom. The fourth-order valence-corrected chi connectivity index (χ4v) is 3.59. The van der Waals surface area contributed by atoms with Gasteiger partial charge in [-0.2, -0.15) is 0 Å². The molecule has 3 aromatic carbocycles. The van der Waals surface area contributed by atoms with Gasteiger partial charge in [0, 0.05) is 15.8 Å². The number of hydrogen-bond acceptors (Lipinski definition) is 2. The molecule has 1 N–H and O–H groups in total. The van der Waals surface area contributed by atoms with Gasteiger partial charge in [0.05, 0.1) is 15.6 Å². The molecule has 6 heteroatoms. The number of para-hydroxylation sites is 1. The first-order chi connectivity index (χ1) is 12.5. The summed E-state index contributed by atoms with van der Waals surface area (Å²) in [4.78, 5) is 15.0. The second-order valence-electron chi connectivity index (χ2n) is 5.92. The van der Waals surface area contributed by atoms with Crippen LogP contribution >= 0.6 is 39.1 Å². The van der Waals surface area contributed by atoms with E-state index >= 15 is 0 Å². The molecule has 0 spiro atoms. The molecule has 0 aliphatic carbocycles. The van der Waals surface area contributed by atoms with Crippen molar-refractivity contribution in [2.75, 3.05) is 10.2 Å². The van der Waals surface area contributed by atoms with Crippen LogP contribution in [0.15, 0.2) is 71.2 Å². The molecule has 1 atom stereocenters. The van der Waals surface area contributed by atoms with Gasteiger partial charge in [0.25, 0.3) is 5.91 Å². The molecule has 1 aliphatic heterocycles. The summed E-state index contributed by atoms with van der Waals surface area (Å²) >= 11 is 15.7. The summed E-state index contributed by atoms with van der Waals surface area (Å²) in [6, 6.07) is 20.6. The highest BCUT2D eigenvalue weighted by Gasteiger charge is 2.34. The van der Waals surface area contributed by atoms with Gasteiger partial charge in [-0.25, -0.2) is 0 Å². The van der Waals surface area contributed by atoms with Crippen LogP contribution in [0.1, 0.15) is 22.1 Å². The van der Waals surface area contributed by atoms with Crippen LogP contribution < -0.4 is 10.2 Å². The number of halogens is 3. The molecule has 0 saturated carbocycles. The number of hydrogen-bond donors (Lipinski definition) is 1. The summed E-state index contributed by atoms with van der Waals surface area (Å²) in [5, 5.41) is 4.32. The van der Waals surface area contributed by atoms with Gasteiger partial charge in [-0.3, -0.25) is 9.69 Å². The second kappa shape index (κ2) is 6.95. The number of rotatable bonds is 2. The fraction of sp³-hybridized carbons (Fsp3) is 0.0500.